The molecule has 0 aliphatic heterocycles. The van der Waals surface area contributed by atoms with Crippen LogP contribution < -0.4 is 10.9 Å². The van der Waals surface area contributed by atoms with E-state index < -0.39 is 5.91 Å². The number of amides is 1. The molecule has 1 heterocycles. The maximum Gasteiger partial charge on any atom is 0.263 e. The summed E-state index contributed by atoms with van der Waals surface area (Å²) in [5.41, 5.74) is 2.65. The molecule has 5 nitrogen and oxygen atoms in total. The lowest BCUT2D eigenvalue weighted by Crippen LogP contribution is -2.37. The molecule has 1 aliphatic carbocycles. The average Bonchev–Trinajstić information content (AvgIpc) is 2.96. The summed E-state index contributed by atoms with van der Waals surface area (Å²) in [5, 5.41) is 2.64. The Morgan fingerprint density at radius 3 is 2.57 bits per heavy atom. The highest BCUT2D eigenvalue weighted by Crippen LogP contribution is 2.21. The number of unbranched alkanes of at least 4 members (excludes halogenated alkanes) is 1. The number of fused-ring (bicyclic) bond motifs is 1. The summed E-state index contributed by atoms with van der Waals surface area (Å²) in [6.07, 6.45) is 6.98. The minimum atomic E-state index is -0.466. The third-order valence-electron chi connectivity index (χ3n) is 5.34. The molecule has 0 bridgehead atoms. The van der Waals surface area contributed by atoms with E-state index in [1.165, 1.54) is 0 Å². The second-order valence-corrected chi connectivity index (χ2v) is 7.37. The number of ketones is 1. The third-order valence-corrected chi connectivity index (χ3v) is 5.34. The number of rotatable bonds is 7. The molecule has 28 heavy (non-hydrogen) atoms. The Hall–Kier alpha value is -2.69. The predicted molar refractivity (Wildman–Crippen MR) is 110 cm³/mol. The van der Waals surface area contributed by atoms with E-state index in [1.807, 2.05) is 6.07 Å². The highest BCUT2D eigenvalue weighted by molar-refractivity contribution is 6.02. The van der Waals surface area contributed by atoms with Gasteiger partial charge in [0, 0.05) is 17.8 Å². The van der Waals surface area contributed by atoms with Gasteiger partial charge in [-0.3, -0.25) is 14.4 Å². The maximum absolute atomic E-state index is 13.0. The molecule has 0 saturated carbocycles. The Morgan fingerprint density at radius 2 is 1.82 bits per heavy atom. The van der Waals surface area contributed by atoms with E-state index in [-0.39, 0.29) is 23.5 Å². The van der Waals surface area contributed by atoms with Crippen molar-refractivity contribution in [3.8, 4) is 0 Å². The van der Waals surface area contributed by atoms with Crippen LogP contribution >= 0.6 is 0 Å². The van der Waals surface area contributed by atoms with E-state index in [1.54, 1.807) is 34.9 Å². The van der Waals surface area contributed by atoms with Gasteiger partial charge in [-0.25, -0.2) is 0 Å². The second kappa shape index (κ2) is 9.49. The Labute approximate surface area is 165 Å². The number of aryl methyl sites for hydroxylation is 1. The van der Waals surface area contributed by atoms with Gasteiger partial charge < -0.3 is 9.88 Å². The van der Waals surface area contributed by atoms with Crippen molar-refractivity contribution in [2.75, 3.05) is 6.54 Å². The van der Waals surface area contributed by atoms with Gasteiger partial charge in [0.05, 0.1) is 6.54 Å². The summed E-state index contributed by atoms with van der Waals surface area (Å²) < 4.78 is 1.80. The van der Waals surface area contributed by atoms with Crippen molar-refractivity contribution in [3.05, 3.63) is 69.1 Å². The molecular weight excluding hydrogens is 352 g/mol. The molecule has 2 aromatic rings. The molecule has 0 radical (unpaired) electrons. The van der Waals surface area contributed by atoms with Crippen LogP contribution in [0.5, 0.6) is 0 Å². The summed E-state index contributed by atoms with van der Waals surface area (Å²) in [5.74, 6) is -0.637. The van der Waals surface area contributed by atoms with Crippen LogP contribution in [-0.4, -0.2) is 22.8 Å². The van der Waals surface area contributed by atoms with Crippen LogP contribution in [0.15, 0.2) is 41.2 Å². The van der Waals surface area contributed by atoms with Crippen molar-refractivity contribution in [3.63, 3.8) is 0 Å². The number of carbonyl (C=O) groups is 2. The van der Waals surface area contributed by atoms with Crippen molar-refractivity contribution < 1.29 is 9.59 Å². The minimum absolute atomic E-state index is 0.117. The lowest BCUT2D eigenvalue weighted by atomic mass is 10.0. The topological polar surface area (TPSA) is 68.2 Å². The largest absolute Gasteiger partial charge is 0.344 e. The monoisotopic (exact) mass is 380 g/mol. The van der Waals surface area contributed by atoms with E-state index in [4.69, 9.17) is 0 Å². The van der Waals surface area contributed by atoms with Crippen molar-refractivity contribution in [2.45, 2.75) is 58.4 Å². The fourth-order valence-electron chi connectivity index (χ4n) is 3.75. The number of benzene rings is 1. The number of hydrogen-bond donors (Lipinski definition) is 1. The molecule has 1 amide bonds. The SMILES string of the molecule is CCCCn1c2c(cc(C(=O)NCC(=O)c3ccccc3)c1=O)CCCCC2. The Kier molecular flexibility index (Phi) is 6.80. The van der Waals surface area contributed by atoms with Crippen LogP contribution in [0, 0.1) is 0 Å². The van der Waals surface area contributed by atoms with Gasteiger partial charge in [0.1, 0.15) is 5.56 Å². The van der Waals surface area contributed by atoms with Crippen molar-refractivity contribution in [1.29, 1.82) is 0 Å². The summed E-state index contributed by atoms with van der Waals surface area (Å²) in [4.78, 5) is 38.0. The maximum atomic E-state index is 13.0. The molecule has 1 aliphatic rings. The predicted octanol–water partition coefficient (Wildman–Crippen LogP) is 3.53. The van der Waals surface area contributed by atoms with Gasteiger partial charge in [-0.05, 0) is 43.7 Å². The van der Waals surface area contributed by atoms with Crippen molar-refractivity contribution in [2.24, 2.45) is 0 Å². The van der Waals surface area contributed by atoms with Crippen LogP contribution in [0.1, 0.15) is 71.0 Å². The molecule has 0 spiro atoms. The second-order valence-electron chi connectivity index (χ2n) is 7.37. The quantitative estimate of drug-likeness (QED) is 0.590. The number of hydrogen-bond acceptors (Lipinski definition) is 3. The van der Waals surface area contributed by atoms with Crippen LogP contribution in [0.3, 0.4) is 0 Å². The van der Waals surface area contributed by atoms with Gasteiger partial charge in [0.25, 0.3) is 11.5 Å². The fourth-order valence-corrected chi connectivity index (χ4v) is 3.75. The first-order valence-electron chi connectivity index (χ1n) is 10.2. The van der Waals surface area contributed by atoms with E-state index >= 15 is 0 Å². The molecule has 0 atom stereocenters. The molecule has 0 unspecified atom stereocenters. The number of aromatic nitrogens is 1. The standard InChI is InChI=1S/C23H28N2O3/c1-2-3-14-25-20-13-9-5-8-12-18(20)15-19(23(25)28)22(27)24-16-21(26)17-10-6-4-7-11-17/h4,6-7,10-11,15H,2-3,5,8-9,12-14,16H2,1H3,(H,24,27). The smallest absolute Gasteiger partial charge is 0.263 e. The minimum Gasteiger partial charge on any atom is -0.344 e. The van der Waals surface area contributed by atoms with E-state index in [9.17, 15) is 14.4 Å². The van der Waals surface area contributed by atoms with E-state index in [0.29, 0.717) is 12.1 Å². The summed E-state index contributed by atoms with van der Waals surface area (Å²) >= 11 is 0. The number of nitrogens with one attached hydrogen (secondary N) is 1. The normalized spacial score (nSPS) is 13.5. The zero-order valence-corrected chi connectivity index (χ0v) is 16.5. The molecule has 1 aromatic heterocycles. The number of pyridine rings is 1. The first-order chi connectivity index (χ1) is 13.6. The van der Waals surface area contributed by atoms with Crippen molar-refractivity contribution in [1.82, 2.24) is 9.88 Å². The van der Waals surface area contributed by atoms with Gasteiger partial charge in [-0.15, -0.1) is 0 Å². The molecule has 1 aromatic carbocycles. The van der Waals surface area contributed by atoms with Crippen LogP contribution in [-0.2, 0) is 19.4 Å². The summed E-state index contributed by atoms with van der Waals surface area (Å²) in [6.45, 7) is 2.62. The average molecular weight is 380 g/mol. The molecule has 0 fully saturated rings. The number of Topliss-reactive ketones (excluding diaryl/α,β-unsaturated/α-hetero) is 1. The molecule has 148 valence electrons. The highest BCUT2D eigenvalue weighted by Gasteiger charge is 2.20. The lowest BCUT2D eigenvalue weighted by molar-refractivity contribution is 0.0902. The fraction of sp³-hybridized carbons (Fsp3) is 0.435. The summed E-state index contributed by atoms with van der Waals surface area (Å²) in [6, 6.07) is 10.6. The Morgan fingerprint density at radius 1 is 1.07 bits per heavy atom. The van der Waals surface area contributed by atoms with E-state index in [0.717, 1.165) is 56.2 Å². The molecule has 5 heteroatoms. The molecule has 1 N–H and O–H groups in total. The zero-order chi connectivity index (χ0) is 19.9. The van der Waals surface area contributed by atoms with E-state index in [2.05, 4.69) is 12.2 Å². The third kappa shape index (κ3) is 4.58. The molecular formula is C23H28N2O3. The molecule has 3 rings (SSSR count). The first kappa shape index (κ1) is 20.1. The summed E-state index contributed by atoms with van der Waals surface area (Å²) in [7, 11) is 0. The van der Waals surface area contributed by atoms with Gasteiger partial charge in [0.15, 0.2) is 5.78 Å². The Balaban J connectivity index is 1.84. The Bertz CT molecular complexity index is 900. The zero-order valence-electron chi connectivity index (χ0n) is 16.5. The van der Waals surface area contributed by atoms with Gasteiger partial charge >= 0.3 is 0 Å². The van der Waals surface area contributed by atoms with Crippen molar-refractivity contribution >= 4 is 11.7 Å². The van der Waals surface area contributed by atoms with Crippen LogP contribution in [0.4, 0.5) is 0 Å². The van der Waals surface area contributed by atoms with Gasteiger partial charge in [0.2, 0.25) is 0 Å². The molecule has 0 saturated heterocycles. The highest BCUT2D eigenvalue weighted by atomic mass is 16.2. The van der Waals surface area contributed by atoms with Gasteiger partial charge in [-0.2, -0.15) is 0 Å². The number of carbonyl (C=O) groups excluding carboxylic acids is 2. The lowest BCUT2D eigenvalue weighted by Gasteiger charge is -2.17. The van der Waals surface area contributed by atoms with Crippen LogP contribution in [0.2, 0.25) is 0 Å². The van der Waals surface area contributed by atoms with Crippen LogP contribution in [0.25, 0.3) is 0 Å². The first-order valence-corrected chi connectivity index (χ1v) is 10.2. The van der Waals surface area contributed by atoms with Gasteiger partial charge in [-0.1, -0.05) is 50.1 Å². The number of nitrogens with zero attached hydrogens (tertiary/aromatic N) is 1.